The van der Waals surface area contributed by atoms with Crippen LogP contribution in [-0.2, 0) is 0 Å². The van der Waals surface area contributed by atoms with Crippen molar-refractivity contribution in [2.75, 3.05) is 11.9 Å². The van der Waals surface area contributed by atoms with E-state index >= 15 is 0 Å². The van der Waals surface area contributed by atoms with Crippen molar-refractivity contribution >= 4 is 39.9 Å². The first-order valence-electron chi connectivity index (χ1n) is 4.86. The van der Waals surface area contributed by atoms with E-state index in [-0.39, 0.29) is 0 Å². The summed E-state index contributed by atoms with van der Waals surface area (Å²) in [5.41, 5.74) is 0.178. The fraction of sp³-hybridized carbons (Fsp3) is 0.455. The largest absolute Gasteiger partial charge is 0.388 e. The van der Waals surface area contributed by atoms with Crippen molar-refractivity contribution in [1.82, 2.24) is 0 Å². The Labute approximate surface area is 109 Å². The second-order valence-electron chi connectivity index (χ2n) is 3.83. The summed E-state index contributed by atoms with van der Waals surface area (Å²) in [6.07, 6.45) is 0.710. The van der Waals surface area contributed by atoms with E-state index < -0.39 is 5.60 Å². The minimum atomic E-state index is -0.688. The zero-order chi connectivity index (χ0) is 11.5. The Morgan fingerprint density at radius 3 is 2.73 bits per heavy atom. The molecule has 0 spiro atoms. The molecule has 0 bridgehead atoms. The van der Waals surface area contributed by atoms with Gasteiger partial charge in [-0.15, -0.1) is 0 Å². The average Bonchev–Trinajstić information content (AvgIpc) is 2.16. The Morgan fingerprint density at radius 1 is 1.53 bits per heavy atom. The maximum atomic E-state index is 9.82. The van der Waals surface area contributed by atoms with Gasteiger partial charge in [-0.25, -0.2) is 0 Å². The summed E-state index contributed by atoms with van der Waals surface area (Å²) in [7, 11) is 0. The highest BCUT2D eigenvalue weighted by Crippen LogP contribution is 2.24. The molecule has 15 heavy (non-hydrogen) atoms. The summed E-state index contributed by atoms with van der Waals surface area (Å²) in [5, 5.41) is 13.7. The molecule has 2 N–H and O–H groups in total. The molecule has 1 atom stereocenters. The van der Waals surface area contributed by atoms with E-state index in [1.165, 1.54) is 0 Å². The van der Waals surface area contributed by atoms with Crippen molar-refractivity contribution in [1.29, 1.82) is 0 Å². The van der Waals surface area contributed by atoms with E-state index in [9.17, 15) is 5.11 Å². The number of benzene rings is 1. The third-order valence-corrected chi connectivity index (χ3v) is 3.34. The van der Waals surface area contributed by atoms with Crippen LogP contribution < -0.4 is 5.32 Å². The summed E-state index contributed by atoms with van der Waals surface area (Å²) < 4.78 is 1.10. The molecule has 0 aliphatic carbocycles. The first-order valence-corrected chi connectivity index (χ1v) is 6.31. The molecule has 4 heteroatoms. The highest BCUT2D eigenvalue weighted by molar-refractivity contribution is 14.1. The summed E-state index contributed by atoms with van der Waals surface area (Å²) in [6, 6.07) is 5.80. The van der Waals surface area contributed by atoms with Crippen molar-refractivity contribution < 1.29 is 5.11 Å². The number of aliphatic hydroxyl groups is 1. The smallest absolute Gasteiger partial charge is 0.0788 e. The van der Waals surface area contributed by atoms with Crippen molar-refractivity contribution in [2.24, 2.45) is 0 Å². The zero-order valence-corrected chi connectivity index (χ0v) is 11.8. The summed E-state index contributed by atoms with van der Waals surface area (Å²) in [5.74, 6) is 0. The molecule has 1 unspecified atom stereocenters. The van der Waals surface area contributed by atoms with Crippen LogP contribution in [0.5, 0.6) is 0 Å². The monoisotopic (exact) mass is 339 g/mol. The van der Waals surface area contributed by atoms with Gasteiger partial charge in [0.1, 0.15) is 0 Å². The van der Waals surface area contributed by atoms with Gasteiger partial charge in [-0.05, 0) is 54.1 Å². The number of halogens is 2. The minimum absolute atomic E-state index is 0.504. The van der Waals surface area contributed by atoms with Crippen LogP contribution >= 0.6 is 34.2 Å². The standard InChI is InChI=1S/C11H15ClINO/c1-3-11(2,15)7-14-10-5-4-8(13)6-9(10)12/h4-6,14-15H,3,7H2,1-2H3. The summed E-state index contributed by atoms with van der Waals surface area (Å²) in [6.45, 7) is 4.27. The van der Waals surface area contributed by atoms with Crippen LogP contribution in [0.1, 0.15) is 20.3 Å². The van der Waals surface area contributed by atoms with Crippen LogP contribution in [0.15, 0.2) is 18.2 Å². The topological polar surface area (TPSA) is 32.3 Å². The van der Waals surface area contributed by atoms with Gasteiger partial charge in [-0.1, -0.05) is 18.5 Å². The lowest BCUT2D eigenvalue weighted by molar-refractivity contribution is 0.0697. The molecule has 1 aromatic carbocycles. The lowest BCUT2D eigenvalue weighted by Gasteiger charge is -2.22. The first-order chi connectivity index (χ1) is 6.94. The number of nitrogens with one attached hydrogen (secondary N) is 1. The molecule has 0 aliphatic heterocycles. The quantitative estimate of drug-likeness (QED) is 0.823. The fourth-order valence-corrected chi connectivity index (χ4v) is 1.97. The second kappa shape index (κ2) is 5.37. The maximum Gasteiger partial charge on any atom is 0.0788 e. The van der Waals surface area contributed by atoms with Crippen LogP contribution in [0, 0.1) is 3.57 Å². The highest BCUT2D eigenvalue weighted by atomic mass is 127. The molecule has 2 nitrogen and oxygen atoms in total. The van der Waals surface area contributed by atoms with E-state index in [0.717, 1.165) is 9.26 Å². The maximum absolute atomic E-state index is 9.82. The summed E-state index contributed by atoms with van der Waals surface area (Å²) in [4.78, 5) is 0. The second-order valence-corrected chi connectivity index (χ2v) is 5.48. The molecular weight excluding hydrogens is 324 g/mol. The molecule has 0 amide bonds. The first kappa shape index (κ1) is 13.1. The van der Waals surface area contributed by atoms with E-state index in [2.05, 4.69) is 27.9 Å². The Kier molecular flexibility index (Phi) is 4.67. The number of hydrogen-bond donors (Lipinski definition) is 2. The average molecular weight is 340 g/mol. The van der Waals surface area contributed by atoms with Crippen LogP contribution in [0.25, 0.3) is 0 Å². The van der Waals surface area contributed by atoms with Gasteiger partial charge in [0, 0.05) is 10.1 Å². The van der Waals surface area contributed by atoms with Crippen LogP contribution in [0.3, 0.4) is 0 Å². The molecule has 1 rings (SSSR count). The molecule has 0 radical (unpaired) electrons. The Morgan fingerprint density at radius 2 is 2.20 bits per heavy atom. The number of hydrogen-bond acceptors (Lipinski definition) is 2. The molecule has 0 saturated heterocycles. The number of rotatable bonds is 4. The molecule has 0 heterocycles. The highest BCUT2D eigenvalue weighted by Gasteiger charge is 2.17. The van der Waals surface area contributed by atoms with Crippen molar-refractivity contribution in [2.45, 2.75) is 25.9 Å². The van der Waals surface area contributed by atoms with Crippen molar-refractivity contribution in [3.63, 3.8) is 0 Å². The molecule has 84 valence electrons. The van der Waals surface area contributed by atoms with Crippen LogP contribution in [-0.4, -0.2) is 17.3 Å². The lowest BCUT2D eigenvalue weighted by Crippen LogP contribution is -2.32. The van der Waals surface area contributed by atoms with E-state index in [1.807, 2.05) is 25.1 Å². The van der Waals surface area contributed by atoms with Gasteiger partial charge >= 0.3 is 0 Å². The van der Waals surface area contributed by atoms with Gasteiger partial charge in [0.25, 0.3) is 0 Å². The van der Waals surface area contributed by atoms with Gasteiger partial charge in [0.05, 0.1) is 16.3 Å². The number of anilines is 1. The van der Waals surface area contributed by atoms with Crippen LogP contribution in [0.4, 0.5) is 5.69 Å². The molecule has 0 aromatic heterocycles. The summed E-state index contributed by atoms with van der Waals surface area (Å²) >= 11 is 8.27. The van der Waals surface area contributed by atoms with E-state index in [4.69, 9.17) is 11.6 Å². The Balaban J connectivity index is 2.66. The van der Waals surface area contributed by atoms with Crippen LogP contribution in [0.2, 0.25) is 5.02 Å². The van der Waals surface area contributed by atoms with E-state index in [1.54, 1.807) is 6.92 Å². The van der Waals surface area contributed by atoms with Gasteiger partial charge in [0.2, 0.25) is 0 Å². The normalized spacial score (nSPS) is 14.7. The molecular formula is C11H15ClINO. The van der Waals surface area contributed by atoms with E-state index in [0.29, 0.717) is 18.0 Å². The minimum Gasteiger partial charge on any atom is -0.388 e. The SMILES string of the molecule is CCC(C)(O)CNc1ccc(I)cc1Cl. The predicted octanol–water partition coefficient (Wildman–Crippen LogP) is 3.52. The third-order valence-electron chi connectivity index (χ3n) is 2.35. The van der Waals surface area contributed by atoms with Gasteiger partial charge < -0.3 is 10.4 Å². The Hall–Kier alpha value is -0.0000000000000000555. The predicted molar refractivity (Wildman–Crippen MR) is 73.6 cm³/mol. The van der Waals surface area contributed by atoms with Crippen molar-refractivity contribution in [3.8, 4) is 0 Å². The Bertz CT molecular complexity index is 341. The third kappa shape index (κ3) is 4.17. The van der Waals surface area contributed by atoms with Gasteiger partial charge in [-0.2, -0.15) is 0 Å². The fourth-order valence-electron chi connectivity index (χ4n) is 1.04. The zero-order valence-electron chi connectivity index (χ0n) is 8.85. The molecule has 0 fully saturated rings. The molecule has 0 saturated carbocycles. The van der Waals surface area contributed by atoms with Gasteiger partial charge in [0.15, 0.2) is 0 Å². The molecule has 0 aliphatic rings. The lowest BCUT2D eigenvalue weighted by atomic mass is 10.0. The molecule has 1 aromatic rings. The van der Waals surface area contributed by atoms with Crippen molar-refractivity contribution in [3.05, 3.63) is 26.8 Å². The van der Waals surface area contributed by atoms with Gasteiger partial charge in [-0.3, -0.25) is 0 Å².